The number of nitrogens with one attached hydrogen (secondary N) is 1. The van der Waals surface area contributed by atoms with E-state index in [1.807, 2.05) is 6.92 Å². The second-order valence-electron chi connectivity index (χ2n) is 4.02. The van der Waals surface area contributed by atoms with Crippen LogP contribution in [0, 0.1) is 0 Å². The lowest BCUT2D eigenvalue weighted by atomic mass is 10.3. The molecule has 1 aromatic rings. The van der Waals surface area contributed by atoms with Crippen molar-refractivity contribution in [3.05, 3.63) is 24.5 Å². The molecule has 6 heteroatoms. The first kappa shape index (κ1) is 11.4. The molecule has 1 N–H and O–H groups in total. The number of hydrogen-bond acceptors (Lipinski definition) is 3. The largest absolute Gasteiger partial charge is 0.330 e. The van der Waals surface area contributed by atoms with E-state index in [4.69, 9.17) is 0 Å². The number of amides is 4. The predicted octanol–water partition coefficient (Wildman–Crippen LogP) is 1.37. The maximum absolute atomic E-state index is 11.9. The molecule has 0 radical (unpaired) electrons. The Labute approximate surface area is 99.2 Å². The minimum Gasteiger partial charge on any atom is -0.323 e. The molecule has 0 bridgehead atoms. The molecule has 2 rings (SSSR count). The van der Waals surface area contributed by atoms with Gasteiger partial charge in [-0.05, 0) is 19.1 Å². The highest BCUT2D eigenvalue weighted by molar-refractivity contribution is 6.01. The van der Waals surface area contributed by atoms with Gasteiger partial charge in [0.15, 0.2) is 0 Å². The van der Waals surface area contributed by atoms with Crippen LogP contribution in [0.4, 0.5) is 15.3 Å². The first-order valence-corrected chi connectivity index (χ1v) is 5.35. The van der Waals surface area contributed by atoms with Gasteiger partial charge < -0.3 is 10.2 Å². The Hall–Kier alpha value is -2.11. The molecule has 1 aliphatic rings. The summed E-state index contributed by atoms with van der Waals surface area (Å²) in [6.07, 6.45) is 3.15. The Morgan fingerprint density at radius 2 is 2.35 bits per heavy atom. The fourth-order valence-corrected chi connectivity index (χ4v) is 1.64. The monoisotopic (exact) mass is 234 g/mol. The van der Waals surface area contributed by atoms with Gasteiger partial charge in [-0.25, -0.2) is 14.5 Å². The third kappa shape index (κ3) is 2.20. The predicted molar refractivity (Wildman–Crippen MR) is 62.6 cm³/mol. The zero-order valence-corrected chi connectivity index (χ0v) is 9.75. The summed E-state index contributed by atoms with van der Waals surface area (Å²) in [5.41, 5.74) is 0.576. The number of anilines is 1. The molecule has 1 atom stereocenters. The minimum atomic E-state index is -0.417. The highest BCUT2D eigenvalue weighted by atomic mass is 16.2. The Balaban J connectivity index is 2.05. The quantitative estimate of drug-likeness (QED) is 0.798. The van der Waals surface area contributed by atoms with Crippen LogP contribution in [0.3, 0.4) is 0 Å². The second kappa shape index (κ2) is 4.40. The van der Waals surface area contributed by atoms with Crippen molar-refractivity contribution in [2.45, 2.75) is 13.0 Å². The van der Waals surface area contributed by atoms with Gasteiger partial charge in [0.05, 0.1) is 18.4 Å². The lowest BCUT2D eigenvalue weighted by molar-refractivity contribution is 0.194. The van der Waals surface area contributed by atoms with E-state index in [2.05, 4.69) is 10.3 Å². The van der Waals surface area contributed by atoms with Gasteiger partial charge in [0.25, 0.3) is 0 Å². The minimum absolute atomic E-state index is 0.0437. The van der Waals surface area contributed by atoms with Crippen molar-refractivity contribution >= 4 is 17.7 Å². The van der Waals surface area contributed by atoms with E-state index in [1.165, 1.54) is 11.1 Å². The van der Waals surface area contributed by atoms with Crippen molar-refractivity contribution < 1.29 is 9.59 Å². The third-order valence-corrected chi connectivity index (χ3v) is 2.80. The molecule has 4 amide bonds. The lowest BCUT2D eigenvalue weighted by Crippen LogP contribution is -2.38. The van der Waals surface area contributed by atoms with Gasteiger partial charge in [-0.2, -0.15) is 0 Å². The van der Waals surface area contributed by atoms with E-state index in [0.29, 0.717) is 12.2 Å². The highest BCUT2D eigenvalue weighted by Crippen LogP contribution is 2.15. The average Bonchev–Trinajstić information content (AvgIpc) is 2.58. The number of aromatic nitrogens is 1. The van der Waals surface area contributed by atoms with Gasteiger partial charge in [0.1, 0.15) is 0 Å². The molecule has 0 aliphatic carbocycles. The summed E-state index contributed by atoms with van der Waals surface area (Å²) in [5.74, 6) is 0. The fourth-order valence-electron chi connectivity index (χ4n) is 1.64. The van der Waals surface area contributed by atoms with Crippen LogP contribution in [0.2, 0.25) is 0 Å². The van der Waals surface area contributed by atoms with E-state index in [1.54, 1.807) is 30.3 Å². The van der Waals surface area contributed by atoms with Crippen molar-refractivity contribution in [2.24, 2.45) is 0 Å². The molecular formula is C11H14N4O2. The molecule has 1 fully saturated rings. The first-order valence-electron chi connectivity index (χ1n) is 5.35. The smallest absolute Gasteiger partial charge is 0.323 e. The van der Waals surface area contributed by atoms with Crippen LogP contribution in [0.5, 0.6) is 0 Å². The van der Waals surface area contributed by atoms with Gasteiger partial charge in [-0.3, -0.25) is 4.98 Å². The van der Waals surface area contributed by atoms with Crippen molar-refractivity contribution in [1.29, 1.82) is 0 Å². The molecule has 0 saturated carbocycles. The highest BCUT2D eigenvalue weighted by Gasteiger charge is 2.35. The molecule has 17 heavy (non-hydrogen) atoms. The topological polar surface area (TPSA) is 65.5 Å². The number of rotatable bonds is 1. The Bertz CT molecular complexity index is 434. The molecule has 1 saturated heterocycles. The van der Waals surface area contributed by atoms with Gasteiger partial charge in [-0.15, -0.1) is 0 Å². The summed E-state index contributed by atoms with van der Waals surface area (Å²) in [6.45, 7) is 2.30. The average molecular weight is 234 g/mol. The van der Waals surface area contributed by atoms with Crippen LogP contribution in [0.1, 0.15) is 6.92 Å². The zero-order chi connectivity index (χ0) is 12.4. The number of likely N-dealkylation sites (N-methyl/N-ethyl adjacent to an activating group) is 1. The summed E-state index contributed by atoms with van der Waals surface area (Å²) in [4.78, 5) is 30.2. The normalized spacial score (nSPS) is 19.6. The number of imide groups is 1. The number of nitrogens with zero attached hydrogens (tertiary/aromatic N) is 3. The molecular weight excluding hydrogens is 220 g/mol. The van der Waals surface area contributed by atoms with Crippen LogP contribution in [-0.2, 0) is 0 Å². The molecule has 90 valence electrons. The van der Waals surface area contributed by atoms with Gasteiger partial charge in [-0.1, -0.05) is 0 Å². The Kier molecular flexibility index (Phi) is 2.95. The molecule has 1 aromatic heterocycles. The van der Waals surface area contributed by atoms with Crippen molar-refractivity contribution in [2.75, 3.05) is 18.9 Å². The molecule has 1 aliphatic heterocycles. The third-order valence-electron chi connectivity index (χ3n) is 2.80. The standard InChI is InChI=1S/C11H14N4O2/c1-8-7-15(11(17)14(8)2)10(16)13-9-4-3-5-12-6-9/h3-6,8H,7H2,1-2H3,(H,13,16). The van der Waals surface area contributed by atoms with E-state index < -0.39 is 6.03 Å². The van der Waals surface area contributed by atoms with Gasteiger partial charge >= 0.3 is 12.1 Å². The number of carbonyl (C=O) groups excluding carboxylic acids is 2. The number of hydrogen-bond donors (Lipinski definition) is 1. The van der Waals surface area contributed by atoms with Gasteiger partial charge in [0.2, 0.25) is 0 Å². The summed E-state index contributed by atoms with van der Waals surface area (Å²) in [6, 6.07) is 2.79. The van der Waals surface area contributed by atoms with E-state index >= 15 is 0 Å². The summed E-state index contributed by atoms with van der Waals surface area (Å²) >= 11 is 0. The van der Waals surface area contributed by atoms with Crippen molar-refractivity contribution in [3.8, 4) is 0 Å². The number of pyridine rings is 1. The van der Waals surface area contributed by atoms with Crippen LogP contribution in [0.15, 0.2) is 24.5 Å². The number of carbonyl (C=O) groups is 2. The van der Waals surface area contributed by atoms with Crippen LogP contribution in [0.25, 0.3) is 0 Å². The second-order valence-corrected chi connectivity index (χ2v) is 4.02. The first-order chi connectivity index (χ1) is 8.09. The Morgan fingerprint density at radius 3 is 2.88 bits per heavy atom. The lowest BCUT2D eigenvalue weighted by Gasteiger charge is -2.14. The molecule has 6 nitrogen and oxygen atoms in total. The molecule has 1 unspecified atom stereocenters. The fraction of sp³-hybridized carbons (Fsp3) is 0.364. The summed E-state index contributed by atoms with van der Waals surface area (Å²) in [7, 11) is 1.68. The Morgan fingerprint density at radius 1 is 1.59 bits per heavy atom. The van der Waals surface area contributed by atoms with Crippen LogP contribution < -0.4 is 5.32 Å². The molecule has 0 spiro atoms. The SMILES string of the molecule is CC1CN(C(=O)Nc2cccnc2)C(=O)N1C. The summed E-state index contributed by atoms with van der Waals surface area (Å²) in [5, 5.41) is 2.63. The van der Waals surface area contributed by atoms with E-state index in [-0.39, 0.29) is 12.1 Å². The van der Waals surface area contributed by atoms with Crippen LogP contribution in [-0.4, -0.2) is 46.5 Å². The van der Waals surface area contributed by atoms with E-state index in [9.17, 15) is 9.59 Å². The van der Waals surface area contributed by atoms with Crippen molar-refractivity contribution in [1.82, 2.24) is 14.8 Å². The van der Waals surface area contributed by atoms with Crippen molar-refractivity contribution in [3.63, 3.8) is 0 Å². The van der Waals surface area contributed by atoms with Gasteiger partial charge in [0, 0.05) is 19.3 Å². The molecule has 2 heterocycles. The summed E-state index contributed by atoms with van der Waals surface area (Å²) < 4.78 is 0. The zero-order valence-electron chi connectivity index (χ0n) is 9.75. The van der Waals surface area contributed by atoms with E-state index in [0.717, 1.165) is 0 Å². The number of urea groups is 2. The molecule has 0 aromatic carbocycles. The van der Waals surface area contributed by atoms with Crippen LogP contribution >= 0.6 is 0 Å². The maximum Gasteiger partial charge on any atom is 0.330 e. The maximum atomic E-state index is 11.9.